The molecule has 0 aliphatic rings. The maximum absolute atomic E-state index is 5.06. The van der Waals surface area contributed by atoms with Crippen LogP contribution in [0, 0.1) is 0 Å². The van der Waals surface area contributed by atoms with E-state index in [0.29, 0.717) is 0 Å². The third kappa shape index (κ3) is 6.15. The van der Waals surface area contributed by atoms with Gasteiger partial charge in [-0.3, -0.25) is 0 Å². The number of halogens is 1. The van der Waals surface area contributed by atoms with Crippen LogP contribution in [0.15, 0.2) is 10.7 Å². The van der Waals surface area contributed by atoms with Crippen LogP contribution in [0.3, 0.4) is 0 Å². The van der Waals surface area contributed by atoms with E-state index in [1.165, 1.54) is 0 Å². The van der Waals surface area contributed by atoms with E-state index in [0.717, 1.165) is 42.5 Å². The number of anilines is 1. The van der Waals surface area contributed by atoms with E-state index in [2.05, 4.69) is 63.9 Å². The van der Waals surface area contributed by atoms with Gasteiger partial charge in [0.1, 0.15) is 16.2 Å². The third-order valence-corrected chi connectivity index (χ3v) is 3.25. The normalized spacial score (nSPS) is 11.9. The number of hydrogen-bond donors (Lipinski definition) is 1. The summed E-state index contributed by atoms with van der Waals surface area (Å²) in [6, 6.07) is 1.91. The van der Waals surface area contributed by atoms with Gasteiger partial charge in [-0.25, -0.2) is 9.97 Å². The topological polar surface area (TPSA) is 50.3 Å². The second-order valence-electron chi connectivity index (χ2n) is 5.87. The molecule has 0 radical (unpaired) electrons. The quantitative estimate of drug-likeness (QED) is 0.770. The third-order valence-electron chi connectivity index (χ3n) is 2.84. The van der Waals surface area contributed by atoms with Crippen molar-refractivity contribution < 1.29 is 4.74 Å². The first kappa shape index (κ1) is 17.3. The monoisotopic (exact) mass is 344 g/mol. The molecule has 0 amide bonds. The molecule has 1 aromatic heterocycles. The molecule has 0 fully saturated rings. The molecule has 0 unspecified atom stereocenters. The molecule has 1 aromatic rings. The maximum Gasteiger partial charge on any atom is 0.137 e. The van der Waals surface area contributed by atoms with E-state index >= 15 is 0 Å². The van der Waals surface area contributed by atoms with Crippen molar-refractivity contribution in [2.45, 2.75) is 26.2 Å². The Hall–Kier alpha value is -0.720. The predicted octanol–water partition coefficient (Wildman–Crippen LogP) is 2.53. The number of rotatable bonds is 7. The Balaban J connectivity index is 2.54. The van der Waals surface area contributed by atoms with Crippen molar-refractivity contribution in [3.05, 3.63) is 16.5 Å². The summed E-state index contributed by atoms with van der Waals surface area (Å²) >= 11 is 3.44. The SMILES string of the molecule is COCCN(C)CCNc1cc(Br)nc(C(C)(C)C)n1. The van der Waals surface area contributed by atoms with Gasteiger partial charge in [0.2, 0.25) is 0 Å². The van der Waals surface area contributed by atoms with E-state index in [1.54, 1.807) is 7.11 Å². The number of nitrogens with zero attached hydrogens (tertiary/aromatic N) is 3. The lowest BCUT2D eigenvalue weighted by atomic mass is 9.96. The maximum atomic E-state index is 5.06. The number of ether oxygens (including phenoxy) is 1. The lowest BCUT2D eigenvalue weighted by molar-refractivity contribution is 0.163. The van der Waals surface area contributed by atoms with Crippen LogP contribution in [0.2, 0.25) is 0 Å². The molecule has 6 heteroatoms. The van der Waals surface area contributed by atoms with E-state index in [-0.39, 0.29) is 5.41 Å². The molecule has 1 rings (SSSR count). The average Bonchev–Trinajstić information content (AvgIpc) is 2.34. The Kier molecular flexibility index (Phi) is 6.85. The summed E-state index contributed by atoms with van der Waals surface area (Å²) < 4.78 is 5.87. The Morgan fingerprint density at radius 3 is 2.60 bits per heavy atom. The molecule has 1 heterocycles. The summed E-state index contributed by atoms with van der Waals surface area (Å²) in [4.78, 5) is 11.2. The molecule has 0 saturated carbocycles. The van der Waals surface area contributed by atoms with Crippen molar-refractivity contribution in [1.29, 1.82) is 0 Å². The molecular formula is C14H25BrN4O. The van der Waals surface area contributed by atoms with Gasteiger partial charge in [-0.15, -0.1) is 0 Å². The zero-order valence-electron chi connectivity index (χ0n) is 13.0. The van der Waals surface area contributed by atoms with Crippen molar-refractivity contribution in [3.63, 3.8) is 0 Å². The van der Waals surface area contributed by atoms with E-state index in [4.69, 9.17) is 4.74 Å². The largest absolute Gasteiger partial charge is 0.383 e. The fourth-order valence-corrected chi connectivity index (χ4v) is 1.96. The minimum atomic E-state index is -0.0601. The Morgan fingerprint density at radius 2 is 2.00 bits per heavy atom. The van der Waals surface area contributed by atoms with Crippen LogP contribution >= 0.6 is 15.9 Å². The first-order chi connectivity index (χ1) is 9.32. The summed E-state index contributed by atoms with van der Waals surface area (Å²) in [5.74, 6) is 1.69. The Bertz CT molecular complexity index is 420. The van der Waals surface area contributed by atoms with E-state index in [9.17, 15) is 0 Å². The van der Waals surface area contributed by atoms with Gasteiger partial charge in [0.15, 0.2) is 0 Å². The molecular weight excluding hydrogens is 320 g/mol. The molecule has 0 aliphatic carbocycles. The predicted molar refractivity (Wildman–Crippen MR) is 86.3 cm³/mol. The summed E-state index contributed by atoms with van der Waals surface area (Å²) in [5.41, 5.74) is -0.0601. The first-order valence-corrected chi connectivity index (χ1v) is 7.58. The zero-order chi connectivity index (χ0) is 15.2. The zero-order valence-corrected chi connectivity index (χ0v) is 14.6. The van der Waals surface area contributed by atoms with Crippen LogP contribution in [-0.4, -0.2) is 55.3 Å². The lowest BCUT2D eigenvalue weighted by Crippen LogP contribution is -2.28. The number of nitrogens with one attached hydrogen (secondary N) is 1. The lowest BCUT2D eigenvalue weighted by Gasteiger charge is -2.19. The van der Waals surface area contributed by atoms with Crippen molar-refractivity contribution in [3.8, 4) is 0 Å². The fraction of sp³-hybridized carbons (Fsp3) is 0.714. The minimum absolute atomic E-state index is 0.0601. The first-order valence-electron chi connectivity index (χ1n) is 6.79. The van der Waals surface area contributed by atoms with Crippen LogP contribution in [0.5, 0.6) is 0 Å². The number of aromatic nitrogens is 2. The van der Waals surface area contributed by atoms with Crippen LogP contribution < -0.4 is 5.32 Å². The van der Waals surface area contributed by atoms with Gasteiger partial charge < -0.3 is 15.0 Å². The standard InChI is InChI=1S/C14H25BrN4O/c1-14(2,3)13-17-11(15)10-12(18-13)16-6-7-19(4)8-9-20-5/h10H,6-9H2,1-5H3,(H,16,17,18). The molecule has 20 heavy (non-hydrogen) atoms. The molecule has 5 nitrogen and oxygen atoms in total. The molecule has 0 aliphatic heterocycles. The van der Waals surface area contributed by atoms with E-state index < -0.39 is 0 Å². The van der Waals surface area contributed by atoms with Crippen LogP contribution in [0.1, 0.15) is 26.6 Å². The second kappa shape index (κ2) is 7.90. The molecule has 0 bridgehead atoms. The summed E-state index contributed by atoms with van der Waals surface area (Å²) in [6.07, 6.45) is 0. The van der Waals surface area contributed by atoms with Crippen molar-refractivity contribution in [2.24, 2.45) is 0 Å². The highest BCUT2D eigenvalue weighted by Crippen LogP contribution is 2.22. The Labute approximate surface area is 130 Å². The van der Waals surface area contributed by atoms with Crippen molar-refractivity contribution in [1.82, 2.24) is 14.9 Å². The molecule has 0 saturated heterocycles. The Morgan fingerprint density at radius 1 is 1.30 bits per heavy atom. The van der Waals surface area contributed by atoms with Gasteiger partial charge in [-0.1, -0.05) is 20.8 Å². The van der Waals surface area contributed by atoms with Gasteiger partial charge >= 0.3 is 0 Å². The highest BCUT2D eigenvalue weighted by molar-refractivity contribution is 9.10. The highest BCUT2D eigenvalue weighted by Gasteiger charge is 2.18. The second-order valence-corrected chi connectivity index (χ2v) is 6.68. The molecule has 0 aromatic carbocycles. The average molecular weight is 345 g/mol. The van der Waals surface area contributed by atoms with Gasteiger partial charge in [-0.2, -0.15) is 0 Å². The van der Waals surface area contributed by atoms with Gasteiger partial charge in [0.25, 0.3) is 0 Å². The smallest absolute Gasteiger partial charge is 0.137 e. The van der Waals surface area contributed by atoms with Gasteiger partial charge in [0.05, 0.1) is 6.61 Å². The molecule has 114 valence electrons. The summed E-state index contributed by atoms with van der Waals surface area (Å²) in [7, 11) is 3.80. The van der Waals surface area contributed by atoms with Crippen LogP contribution in [0.4, 0.5) is 5.82 Å². The minimum Gasteiger partial charge on any atom is -0.383 e. The van der Waals surface area contributed by atoms with Crippen molar-refractivity contribution in [2.75, 3.05) is 45.7 Å². The van der Waals surface area contributed by atoms with E-state index in [1.807, 2.05) is 6.07 Å². The van der Waals surface area contributed by atoms with Crippen LogP contribution in [0.25, 0.3) is 0 Å². The fourth-order valence-electron chi connectivity index (χ4n) is 1.58. The number of methoxy groups -OCH3 is 1. The molecule has 0 spiro atoms. The molecule has 0 atom stereocenters. The number of hydrogen-bond acceptors (Lipinski definition) is 5. The van der Waals surface area contributed by atoms with Gasteiger partial charge in [0, 0.05) is 38.2 Å². The van der Waals surface area contributed by atoms with Crippen molar-refractivity contribution >= 4 is 21.7 Å². The summed E-state index contributed by atoms with van der Waals surface area (Å²) in [5, 5.41) is 3.34. The summed E-state index contributed by atoms with van der Waals surface area (Å²) in [6.45, 7) is 9.79. The molecule has 1 N–H and O–H groups in total. The highest BCUT2D eigenvalue weighted by atomic mass is 79.9. The number of likely N-dealkylation sites (N-methyl/N-ethyl adjacent to an activating group) is 1. The van der Waals surface area contributed by atoms with Crippen LogP contribution in [-0.2, 0) is 10.2 Å². The van der Waals surface area contributed by atoms with Gasteiger partial charge in [-0.05, 0) is 23.0 Å².